The second-order valence-electron chi connectivity index (χ2n) is 5.52. The van der Waals surface area contributed by atoms with Crippen LogP contribution in [0.5, 0.6) is 17.2 Å². The van der Waals surface area contributed by atoms with Gasteiger partial charge in [-0.2, -0.15) is 0 Å². The van der Waals surface area contributed by atoms with E-state index >= 15 is 0 Å². The predicted octanol–water partition coefficient (Wildman–Crippen LogP) is 3.66. The summed E-state index contributed by atoms with van der Waals surface area (Å²) < 4.78 is 17.1. The molecule has 0 aromatic heterocycles. The summed E-state index contributed by atoms with van der Waals surface area (Å²) in [5.74, 6) is 1.81. The third-order valence-corrected chi connectivity index (χ3v) is 4.46. The summed E-state index contributed by atoms with van der Waals surface area (Å²) in [5, 5.41) is 2.92. The summed E-state index contributed by atoms with van der Waals surface area (Å²) in [4.78, 5) is 12.6. The van der Waals surface area contributed by atoms with Gasteiger partial charge in [0.05, 0.1) is 25.8 Å². The number of ether oxygens (including phenoxy) is 3. The molecule has 1 atom stereocenters. The van der Waals surface area contributed by atoms with Crippen molar-refractivity contribution in [3.05, 3.63) is 46.4 Å². The topological polar surface area (TPSA) is 56.8 Å². The lowest BCUT2D eigenvalue weighted by molar-refractivity contribution is -0.121. The molecule has 126 valence electrons. The molecule has 0 radical (unpaired) electrons. The van der Waals surface area contributed by atoms with E-state index in [9.17, 15) is 4.79 Å². The molecule has 6 heteroatoms. The van der Waals surface area contributed by atoms with E-state index < -0.39 is 0 Å². The van der Waals surface area contributed by atoms with Gasteiger partial charge in [0, 0.05) is 4.47 Å². The van der Waals surface area contributed by atoms with E-state index in [4.69, 9.17) is 14.2 Å². The smallest absolute Gasteiger partial charge is 0.231 e. The Labute approximate surface area is 149 Å². The van der Waals surface area contributed by atoms with Crippen molar-refractivity contribution in [3.8, 4) is 17.2 Å². The first-order valence-corrected chi connectivity index (χ1v) is 8.34. The maximum atomic E-state index is 12.6. The highest BCUT2D eigenvalue weighted by Crippen LogP contribution is 2.32. The minimum Gasteiger partial charge on any atom is -0.497 e. The van der Waals surface area contributed by atoms with Crippen LogP contribution in [0.2, 0.25) is 0 Å². The molecule has 2 aromatic rings. The number of nitrogens with one attached hydrogen (secondary N) is 1. The van der Waals surface area contributed by atoms with Gasteiger partial charge < -0.3 is 19.5 Å². The molecule has 0 spiro atoms. The van der Waals surface area contributed by atoms with Gasteiger partial charge in [0.15, 0.2) is 0 Å². The molecule has 5 nitrogen and oxygen atoms in total. The zero-order valence-corrected chi connectivity index (χ0v) is 15.1. The average Bonchev–Trinajstić information content (AvgIpc) is 2.62. The first-order chi connectivity index (χ1) is 11.6. The summed E-state index contributed by atoms with van der Waals surface area (Å²) in [6, 6.07) is 11.1. The Bertz CT molecular complexity index is 763. The number of hydrogen-bond acceptors (Lipinski definition) is 4. The van der Waals surface area contributed by atoms with Gasteiger partial charge in [-0.3, -0.25) is 4.79 Å². The standard InChI is InChI=1S/C18H18BrNO4/c1-22-14-4-6-16-11(8-14)7-12(10-24-16)18(21)20-15-5-3-13(19)9-17(15)23-2/h3-6,8-9,12H,7,10H2,1-2H3,(H,20,21). The average molecular weight is 392 g/mol. The van der Waals surface area contributed by atoms with Crippen molar-refractivity contribution in [2.75, 3.05) is 26.1 Å². The molecular formula is C18H18BrNO4. The lowest BCUT2D eigenvalue weighted by atomic mass is 9.95. The van der Waals surface area contributed by atoms with E-state index in [1.54, 1.807) is 14.2 Å². The lowest BCUT2D eigenvalue weighted by Crippen LogP contribution is -2.32. The van der Waals surface area contributed by atoms with Crippen LogP contribution in [0, 0.1) is 5.92 Å². The summed E-state index contributed by atoms with van der Waals surface area (Å²) in [6.45, 7) is 0.351. The van der Waals surface area contributed by atoms with Crippen LogP contribution in [0.25, 0.3) is 0 Å². The predicted molar refractivity (Wildman–Crippen MR) is 95.0 cm³/mol. The molecule has 1 aliphatic rings. The molecule has 1 N–H and O–H groups in total. The van der Waals surface area contributed by atoms with Crippen LogP contribution >= 0.6 is 15.9 Å². The molecule has 24 heavy (non-hydrogen) atoms. The Morgan fingerprint density at radius 2 is 2.04 bits per heavy atom. The van der Waals surface area contributed by atoms with Gasteiger partial charge in [-0.1, -0.05) is 15.9 Å². The molecular weight excluding hydrogens is 374 g/mol. The van der Waals surface area contributed by atoms with Gasteiger partial charge >= 0.3 is 0 Å². The van der Waals surface area contributed by atoms with Gasteiger partial charge in [0.1, 0.15) is 23.9 Å². The van der Waals surface area contributed by atoms with Gasteiger partial charge in [0.2, 0.25) is 5.91 Å². The van der Waals surface area contributed by atoms with Crippen molar-refractivity contribution in [3.63, 3.8) is 0 Å². The van der Waals surface area contributed by atoms with Gasteiger partial charge in [0.25, 0.3) is 0 Å². The Hall–Kier alpha value is -2.21. The second kappa shape index (κ2) is 7.13. The Kier molecular flexibility index (Phi) is 4.94. The number of anilines is 1. The highest BCUT2D eigenvalue weighted by molar-refractivity contribution is 9.10. The first-order valence-electron chi connectivity index (χ1n) is 7.55. The van der Waals surface area contributed by atoms with Gasteiger partial charge in [-0.15, -0.1) is 0 Å². The zero-order valence-electron chi connectivity index (χ0n) is 13.5. The second-order valence-corrected chi connectivity index (χ2v) is 6.44. The lowest BCUT2D eigenvalue weighted by Gasteiger charge is -2.25. The molecule has 3 rings (SSSR count). The molecule has 0 bridgehead atoms. The van der Waals surface area contributed by atoms with Crippen molar-refractivity contribution in [1.82, 2.24) is 0 Å². The Balaban J connectivity index is 1.74. The SMILES string of the molecule is COc1ccc2c(c1)CC(C(=O)Nc1ccc(Br)cc1OC)CO2. The van der Waals surface area contributed by atoms with Crippen LogP contribution in [0.3, 0.4) is 0 Å². The molecule has 1 aliphatic heterocycles. The molecule has 1 heterocycles. The summed E-state index contributed by atoms with van der Waals surface area (Å²) >= 11 is 3.39. The van der Waals surface area contributed by atoms with Crippen LogP contribution in [-0.4, -0.2) is 26.7 Å². The number of methoxy groups -OCH3 is 2. The number of benzene rings is 2. The number of rotatable bonds is 4. The third kappa shape index (κ3) is 3.48. The number of halogens is 1. The van der Waals surface area contributed by atoms with E-state index in [2.05, 4.69) is 21.2 Å². The van der Waals surface area contributed by atoms with Crippen LogP contribution in [0.4, 0.5) is 5.69 Å². The minimum absolute atomic E-state index is 0.0934. The quantitative estimate of drug-likeness (QED) is 0.863. The molecule has 0 saturated carbocycles. The Morgan fingerprint density at radius 1 is 1.21 bits per heavy atom. The summed E-state index contributed by atoms with van der Waals surface area (Å²) in [6.07, 6.45) is 0.608. The van der Waals surface area contributed by atoms with Crippen LogP contribution < -0.4 is 19.5 Å². The zero-order chi connectivity index (χ0) is 17.1. The fraction of sp³-hybridized carbons (Fsp3) is 0.278. The van der Waals surface area contributed by atoms with E-state index in [-0.39, 0.29) is 11.8 Å². The fourth-order valence-corrected chi connectivity index (χ4v) is 3.01. The van der Waals surface area contributed by atoms with Crippen LogP contribution in [0.1, 0.15) is 5.56 Å². The molecule has 0 fully saturated rings. The van der Waals surface area contributed by atoms with Crippen LogP contribution in [0.15, 0.2) is 40.9 Å². The van der Waals surface area contributed by atoms with Gasteiger partial charge in [-0.25, -0.2) is 0 Å². The van der Waals surface area contributed by atoms with E-state index in [0.29, 0.717) is 24.5 Å². The third-order valence-electron chi connectivity index (χ3n) is 3.97. The van der Waals surface area contributed by atoms with Crippen LogP contribution in [-0.2, 0) is 11.2 Å². The number of hydrogen-bond donors (Lipinski definition) is 1. The van der Waals surface area contributed by atoms with E-state index in [1.165, 1.54) is 0 Å². The first kappa shape index (κ1) is 16.6. The largest absolute Gasteiger partial charge is 0.497 e. The minimum atomic E-state index is -0.266. The fourth-order valence-electron chi connectivity index (χ4n) is 2.67. The van der Waals surface area contributed by atoms with Crippen molar-refractivity contribution < 1.29 is 19.0 Å². The molecule has 1 unspecified atom stereocenters. The monoisotopic (exact) mass is 391 g/mol. The molecule has 0 aliphatic carbocycles. The number of fused-ring (bicyclic) bond motifs is 1. The Morgan fingerprint density at radius 3 is 2.79 bits per heavy atom. The highest BCUT2D eigenvalue weighted by atomic mass is 79.9. The van der Waals surface area contributed by atoms with Crippen molar-refractivity contribution in [1.29, 1.82) is 0 Å². The molecule has 0 saturated heterocycles. The van der Waals surface area contributed by atoms with E-state index in [0.717, 1.165) is 21.5 Å². The van der Waals surface area contributed by atoms with E-state index in [1.807, 2.05) is 36.4 Å². The molecule has 1 amide bonds. The van der Waals surface area contributed by atoms with Crippen molar-refractivity contribution in [2.45, 2.75) is 6.42 Å². The number of carbonyl (C=O) groups is 1. The summed E-state index contributed by atoms with van der Waals surface area (Å²) in [7, 11) is 3.19. The maximum Gasteiger partial charge on any atom is 0.231 e. The normalized spacial score (nSPS) is 15.9. The van der Waals surface area contributed by atoms with Crippen molar-refractivity contribution in [2.24, 2.45) is 5.92 Å². The van der Waals surface area contributed by atoms with Crippen molar-refractivity contribution >= 4 is 27.5 Å². The summed E-state index contributed by atoms with van der Waals surface area (Å²) in [5.41, 5.74) is 1.62. The maximum absolute atomic E-state index is 12.6. The number of carbonyl (C=O) groups excluding carboxylic acids is 1. The highest BCUT2D eigenvalue weighted by Gasteiger charge is 2.27. The van der Waals surface area contributed by atoms with Gasteiger partial charge in [-0.05, 0) is 48.4 Å². The number of amides is 1. The molecule has 2 aromatic carbocycles.